The molecule has 1 aliphatic carbocycles. The molecule has 31 heavy (non-hydrogen) atoms. The third kappa shape index (κ3) is 4.21. The Morgan fingerprint density at radius 2 is 1.77 bits per heavy atom. The van der Waals surface area contributed by atoms with Gasteiger partial charge in [0.15, 0.2) is 0 Å². The van der Waals surface area contributed by atoms with Gasteiger partial charge in [0.25, 0.3) is 0 Å². The van der Waals surface area contributed by atoms with Gasteiger partial charge in [0.05, 0.1) is 11.7 Å². The van der Waals surface area contributed by atoms with Crippen molar-refractivity contribution in [1.82, 2.24) is 14.9 Å². The van der Waals surface area contributed by atoms with Crippen molar-refractivity contribution in [2.24, 2.45) is 5.92 Å². The lowest BCUT2D eigenvalue weighted by molar-refractivity contribution is -0.121. The van der Waals surface area contributed by atoms with Gasteiger partial charge in [-0.3, -0.25) is 19.7 Å². The molecule has 1 atom stereocenters. The summed E-state index contributed by atoms with van der Waals surface area (Å²) in [5.74, 6) is 0.112. The number of carbonyl (C=O) groups excluding carboxylic acids is 1. The van der Waals surface area contributed by atoms with E-state index >= 15 is 0 Å². The first-order valence-corrected chi connectivity index (χ1v) is 11.2. The maximum absolute atomic E-state index is 12.8. The number of hydrogen-bond donors (Lipinski definition) is 1. The number of carbonyl (C=O) groups is 1. The van der Waals surface area contributed by atoms with E-state index in [4.69, 9.17) is 16.6 Å². The summed E-state index contributed by atoms with van der Waals surface area (Å²) in [6.45, 7) is 1.72. The van der Waals surface area contributed by atoms with Crippen LogP contribution in [0, 0.1) is 5.92 Å². The van der Waals surface area contributed by atoms with Crippen LogP contribution in [0.3, 0.4) is 0 Å². The number of nitrogens with one attached hydrogen (secondary N) is 1. The summed E-state index contributed by atoms with van der Waals surface area (Å²) in [7, 11) is 0. The molecule has 5 rings (SSSR count). The van der Waals surface area contributed by atoms with Crippen molar-refractivity contribution in [2.75, 3.05) is 18.4 Å². The molecule has 0 saturated carbocycles. The van der Waals surface area contributed by atoms with Crippen molar-refractivity contribution in [3.8, 4) is 0 Å². The highest BCUT2D eigenvalue weighted by atomic mass is 35.5. The molecule has 1 fully saturated rings. The predicted molar refractivity (Wildman–Crippen MR) is 122 cm³/mol. The van der Waals surface area contributed by atoms with Crippen LogP contribution in [0.4, 0.5) is 5.69 Å². The van der Waals surface area contributed by atoms with Gasteiger partial charge in [-0.1, -0.05) is 23.7 Å². The van der Waals surface area contributed by atoms with Crippen molar-refractivity contribution < 1.29 is 4.79 Å². The van der Waals surface area contributed by atoms with Crippen molar-refractivity contribution in [3.05, 3.63) is 88.5 Å². The number of fused-ring (bicyclic) bond motifs is 2. The summed E-state index contributed by atoms with van der Waals surface area (Å²) in [5, 5.41) is 3.81. The van der Waals surface area contributed by atoms with Gasteiger partial charge in [-0.15, -0.1) is 0 Å². The highest BCUT2D eigenvalue weighted by Gasteiger charge is 2.34. The van der Waals surface area contributed by atoms with Gasteiger partial charge >= 0.3 is 0 Å². The van der Waals surface area contributed by atoms with E-state index in [9.17, 15) is 4.79 Å². The van der Waals surface area contributed by atoms with Gasteiger partial charge in [-0.2, -0.15) is 0 Å². The molecule has 2 aliphatic rings. The third-order valence-corrected chi connectivity index (χ3v) is 6.70. The minimum Gasteiger partial charge on any atom is -0.326 e. The number of likely N-dealkylation sites (tertiary alicyclic amines) is 1. The van der Waals surface area contributed by atoms with Crippen molar-refractivity contribution in [1.29, 1.82) is 0 Å². The first-order valence-electron chi connectivity index (χ1n) is 10.9. The van der Waals surface area contributed by atoms with Crippen molar-refractivity contribution >= 4 is 23.2 Å². The molecule has 5 nitrogen and oxygen atoms in total. The molecule has 3 aromatic rings. The average molecular weight is 433 g/mol. The first kappa shape index (κ1) is 20.2. The van der Waals surface area contributed by atoms with Crippen LogP contribution in [0.5, 0.6) is 0 Å². The number of halogens is 1. The molecule has 1 unspecified atom stereocenters. The van der Waals surface area contributed by atoms with Gasteiger partial charge < -0.3 is 5.32 Å². The summed E-state index contributed by atoms with van der Waals surface area (Å²) in [5.41, 5.74) is 5.84. The molecule has 0 radical (unpaired) electrons. The Morgan fingerprint density at radius 3 is 2.58 bits per heavy atom. The van der Waals surface area contributed by atoms with Gasteiger partial charge in [0.2, 0.25) is 5.91 Å². The Morgan fingerprint density at radius 1 is 1.00 bits per heavy atom. The molecule has 6 heteroatoms. The van der Waals surface area contributed by atoms with E-state index in [1.807, 2.05) is 30.5 Å². The molecule has 2 aromatic heterocycles. The minimum atomic E-state index is 0.0167. The number of nitrogens with zero attached hydrogens (tertiary/aromatic N) is 3. The topological polar surface area (TPSA) is 58.1 Å². The zero-order chi connectivity index (χ0) is 21.2. The lowest BCUT2D eigenvalue weighted by atomic mass is 9.91. The zero-order valence-electron chi connectivity index (χ0n) is 17.3. The van der Waals surface area contributed by atoms with E-state index < -0.39 is 0 Å². The summed E-state index contributed by atoms with van der Waals surface area (Å²) in [6, 6.07) is 14.2. The standard InChI is InChI=1S/C25H25ClN4O/c26-20-5-6-22-19(16-20)4-3-17-2-1-11-28-23(17)24(22)30-14-9-18(10-15-30)25(31)29-21-7-12-27-13-8-21/h1-2,5-8,11-13,16,18,24H,3-4,9-10,14-15H2,(H,27,29,31). The highest BCUT2D eigenvalue weighted by molar-refractivity contribution is 6.30. The first-order chi connectivity index (χ1) is 15.2. The number of hydrogen-bond acceptors (Lipinski definition) is 4. The minimum absolute atomic E-state index is 0.0167. The number of piperidine rings is 1. The van der Waals surface area contributed by atoms with Crippen LogP contribution < -0.4 is 5.32 Å². The lowest BCUT2D eigenvalue weighted by Gasteiger charge is -2.37. The largest absolute Gasteiger partial charge is 0.326 e. The normalized spacial score (nSPS) is 19.2. The SMILES string of the molecule is O=C(Nc1ccncc1)C1CCN(C2c3ccc(Cl)cc3CCc3cccnc32)CC1. The van der Waals surface area contributed by atoms with Crippen LogP contribution in [0.25, 0.3) is 0 Å². The van der Waals surface area contributed by atoms with Crippen LogP contribution in [-0.4, -0.2) is 33.9 Å². The fraction of sp³-hybridized carbons (Fsp3) is 0.320. The average Bonchev–Trinajstić information content (AvgIpc) is 2.96. The Labute approximate surface area is 187 Å². The molecule has 1 amide bonds. The number of pyridine rings is 2. The summed E-state index contributed by atoms with van der Waals surface area (Å²) in [4.78, 5) is 24.1. The van der Waals surface area contributed by atoms with Gasteiger partial charge in [-0.25, -0.2) is 0 Å². The number of anilines is 1. The summed E-state index contributed by atoms with van der Waals surface area (Å²) >= 11 is 6.32. The van der Waals surface area contributed by atoms with E-state index in [0.29, 0.717) is 0 Å². The second-order valence-corrected chi connectivity index (χ2v) is 8.77. The second-order valence-electron chi connectivity index (χ2n) is 8.33. The van der Waals surface area contributed by atoms with E-state index in [1.165, 1.54) is 16.7 Å². The van der Waals surface area contributed by atoms with E-state index in [-0.39, 0.29) is 17.9 Å². The maximum Gasteiger partial charge on any atom is 0.227 e. The second kappa shape index (κ2) is 8.77. The Bertz CT molecular complexity index is 1080. The molecule has 158 valence electrons. The number of aryl methyl sites for hydroxylation is 2. The molecule has 1 N–H and O–H groups in total. The van der Waals surface area contributed by atoms with Crippen LogP contribution in [0.2, 0.25) is 5.02 Å². The molecule has 1 aromatic carbocycles. The monoisotopic (exact) mass is 432 g/mol. The fourth-order valence-electron chi connectivity index (χ4n) is 4.85. The third-order valence-electron chi connectivity index (χ3n) is 6.46. The smallest absolute Gasteiger partial charge is 0.227 e. The molecule has 1 saturated heterocycles. The van der Waals surface area contributed by atoms with Crippen LogP contribution in [0.15, 0.2) is 61.1 Å². The zero-order valence-corrected chi connectivity index (χ0v) is 18.1. The molecular formula is C25H25ClN4O. The molecule has 0 bridgehead atoms. The molecule has 0 spiro atoms. The number of benzene rings is 1. The van der Waals surface area contributed by atoms with E-state index in [2.05, 4.69) is 33.4 Å². The van der Waals surface area contributed by atoms with Gasteiger partial charge in [-0.05, 0) is 85.8 Å². The summed E-state index contributed by atoms with van der Waals surface area (Å²) in [6.07, 6.45) is 8.88. The quantitative estimate of drug-likeness (QED) is 0.653. The highest BCUT2D eigenvalue weighted by Crippen LogP contribution is 2.38. The number of amides is 1. The Balaban J connectivity index is 1.37. The molecule has 3 heterocycles. The Kier molecular flexibility index (Phi) is 5.70. The van der Waals surface area contributed by atoms with Gasteiger partial charge in [0.1, 0.15) is 0 Å². The fourth-order valence-corrected chi connectivity index (χ4v) is 5.05. The number of rotatable bonds is 3. The summed E-state index contributed by atoms with van der Waals surface area (Å²) < 4.78 is 0. The number of aromatic nitrogens is 2. The molecule has 1 aliphatic heterocycles. The maximum atomic E-state index is 12.8. The lowest BCUT2D eigenvalue weighted by Crippen LogP contribution is -2.41. The van der Waals surface area contributed by atoms with Crippen molar-refractivity contribution in [2.45, 2.75) is 31.7 Å². The van der Waals surface area contributed by atoms with Crippen molar-refractivity contribution in [3.63, 3.8) is 0 Å². The van der Waals surface area contributed by atoms with Crippen LogP contribution >= 0.6 is 11.6 Å². The van der Waals surface area contributed by atoms with E-state index in [1.54, 1.807) is 12.4 Å². The van der Waals surface area contributed by atoms with Crippen LogP contribution in [-0.2, 0) is 17.6 Å². The molecular weight excluding hydrogens is 408 g/mol. The van der Waals surface area contributed by atoms with Gasteiger partial charge in [0, 0.05) is 35.2 Å². The Hall–Kier alpha value is -2.76. The predicted octanol–water partition coefficient (Wildman–Crippen LogP) is 4.67. The van der Waals surface area contributed by atoms with E-state index in [0.717, 1.165) is 55.2 Å². The van der Waals surface area contributed by atoms with Crippen LogP contribution in [0.1, 0.15) is 41.3 Å².